The summed E-state index contributed by atoms with van der Waals surface area (Å²) in [6.07, 6.45) is 14.1. The Labute approximate surface area is 161 Å². The van der Waals surface area contributed by atoms with Gasteiger partial charge in [0.2, 0.25) is 0 Å². The third kappa shape index (κ3) is 2.24. The van der Waals surface area contributed by atoms with E-state index < -0.39 is 12.3 Å². The molecular weight excluding hydrogens is 318 g/mol. The Morgan fingerprint density at radius 3 is 2.85 bits per heavy atom. The number of aromatic nitrogens is 1. The first-order valence-corrected chi connectivity index (χ1v) is 10.3. The second kappa shape index (κ2) is 5.79. The molecule has 6 atom stereocenters. The molecule has 4 aliphatic rings. The molecule has 138 valence electrons. The van der Waals surface area contributed by atoms with Crippen LogP contribution in [-0.4, -0.2) is 16.2 Å². The Morgan fingerprint density at radius 2 is 2.04 bits per heavy atom. The Balaban J connectivity index is 1.56. The topological polar surface area (TPSA) is 33.1 Å². The molecule has 1 N–H and O–H groups in total. The molecule has 0 aromatic carbocycles. The zero-order valence-corrected chi connectivity index (χ0v) is 15.6. The summed E-state index contributed by atoms with van der Waals surface area (Å²) in [4.78, 5) is 4.28. The van der Waals surface area contributed by atoms with E-state index in [1.165, 1.54) is 5.57 Å². The normalized spacial score (nSPS) is 46.6. The molecular formula is C24H31NO. The molecule has 0 radical (unpaired) electrons. The van der Waals surface area contributed by atoms with E-state index in [-0.39, 0.29) is 17.4 Å². The average Bonchev–Trinajstić information content (AvgIpc) is 3.10. The van der Waals surface area contributed by atoms with Gasteiger partial charge in [0.15, 0.2) is 0 Å². The van der Waals surface area contributed by atoms with Gasteiger partial charge in [-0.2, -0.15) is 0 Å². The molecule has 4 aliphatic carbocycles. The van der Waals surface area contributed by atoms with Crippen molar-refractivity contribution in [2.45, 2.75) is 64.8 Å². The monoisotopic (exact) mass is 352 g/mol. The first kappa shape index (κ1) is 13.7. The summed E-state index contributed by atoms with van der Waals surface area (Å²) in [5.74, 6) is 1.08. The molecule has 0 amide bonds. The number of nitrogens with zero attached hydrogens (tertiary/aromatic N) is 1. The van der Waals surface area contributed by atoms with Crippen LogP contribution in [0.3, 0.4) is 0 Å². The molecule has 1 aromatic rings. The SMILES string of the molecule is [2H]C([2H])([2H])[C@]12CCC3C(CC=C4C[C@@H](O)CC[C@@]43C)C1CC=C2c1cccnc1. The highest BCUT2D eigenvalue weighted by Crippen LogP contribution is 2.66. The van der Waals surface area contributed by atoms with Gasteiger partial charge in [-0.05, 0) is 90.7 Å². The lowest BCUT2D eigenvalue weighted by Crippen LogP contribution is -2.49. The van der Waals surface area contributed by atoms with Crippen LogP contribution in [0.5, 0.6) is 0 Å². The van der Waals surface area contributed by atoms with E-state index in [1.807, 2.05) is 18.3 Å². The van der Waals surface area contributed by atoms with E-state index in [2.05, 4.69) is 24.1 Å². The summed E-state index contributed by atoms with van der Waals surface area (Å²) in [6.45, 7) is 0.364. The number of pyridine rings is 1. The molecule has 0 aliphatic heterocycles. The maximum atomic E-state index is 10.2. The summed E-state index contributed by atoms with van der Waals surface area (Å²) in [7, 11) is 0. The Kier molecular flexibility index (Phi) is 3.05. The number of fused-ring (bicyclic) bond motifs is 5. The molecule has 5 rings (SSSR count). The first-order valence-electron chi connectivity index (χ1n) is 11.8. The molecule has 0 spiro atoms. The van der Waals surface area contributed by atoms with Gasteiger partial charge in [-0.15, -0.1) is 0 Å². The van der Waals surface area contributed by atoms with E-state index in [4.69, 9.17) is 4.11 Å². The van der Waals surface area contributed by atoms with E-state index >= 15 is 0 Å². The van der Waals surface area contributed by atoms with Crippen LogP contribution in [0.15, 0.2) is 42.3 Å². The van der Waals surface area contributed by atoms with Crippen LogP contribution in [0.1, 0.15) is 68.4 Å². The fourth-order valence-electron chi connectivity index (χ4n) is 6.82. The molecule has 1 aromatic heterocycles. The highest BCUT2D eigenvalue weighted by Gasteiger charge is 2.56. The molecule has 0 saturated heterocycles. The molecule has 2 heteroatoms. The zero-order chi connectivity index (χ0) is 20.4. The number of allylic oxidation sites excluding steroid dienone is 3. The summed E-state index contributed by atoms with van der Waals surface area (Å²) >= 11 is 0. The minimum atomic E-state index is -2.02. The molecule has 2 saturated carbocycles. The lowest BCUT2D eigenvalue weighted by atomic mass is 9.47. The van der Waals surface area contributed by atoms with Crippen molar-refractivity contribution in [2.75, 3.05) is 0 Å². The average molecular weight is 353 g/mol. The maximum absolute atomic E-state index is 10.2. The highest BCUT2D eigenvalue weighted by atomic mass is 16.3. The fraction of sp³-hybridized carbons (Fsp3) is 0.625. The summed E-state index contributed by atoms with van der Waals surface area (Å²) in [5, 5.41) is 10.2. The van der Waals surface area contributed by atoms with Crippen molar-refractivity contribution in [3.8, 4) is 0 Å². The van der Waals surface area contributed by atoms with Gasteiger partial charge in [-0.1, -0.05) is 37.6 Å². The van der Waals surface area contributed by atoms with Crippen molar-refractivity contribution < 1.29 is 9.22 Å². The predicted molar refractivity (Wildman–Crippen MR) is 105 cm³/mol. The van der Waals surface area contributed by atoms with Crippen LogP contribution in [0, 0.1) is 28.6 Å². The van der Waals surface area contributed by atoms with Gasteiger partial charge >= 0.3 is 0 Å². The van der Waals surface area contributed by atoms with Crippen molar-refractivity contribution >= 4 is 5.57 Å². The maximum Gasteiger partial charge on any atom is 0.0577 e. The summed E-state index contributed by atoms with van der Waals surface area (Å²) in [5.41, 5.74) is 2.78. The second-order valence-corrected chi connectivity index (χ2v) is 9.26. The third-order valence-electron chi connectivity index (χ3n) is 8.19. The van der Waals surface area contributed by atoms with Gasteiger partial charge in [0.1, 0.15) is 0 Å². The first-order chi connectivity index (χ1) is 13.8. The lowest BCUT2D eigenvalue weighted by Gasteiger charge is -2.57. The molecule has 26 heavy (non-hydrogen) atoms. The minimum Gasteiger partial charge on any atom is -0.393 e. The number of aliphatic hydroxyl groups excluding tert-OH is 1. The Morgan fingerprint density at radius 1 is 1.15 bits per heavy atom. The Bertz CT molecular complexity index is 861. The molecule has 0 bridgehead atoms. The van der Waals surface area contributed by atoms with E-state index in [1.54, 1.807) is 6.20 Å². The molecule has 3 unspecified atom stereocenters. The summed E-state index contributed by atoms with van der Waals surface area (Å²) < 4.78 is 25.8. The molecule has 2 fully saturated rings. The van der Waals surface area contributed by atoms with Crippen LogP contribution in [0.2, 0.25) is 0 Å². The minimum absolute atomic E-state index is 0.125. The fourth-order valence-corrected chi connectivity index (χ4v) is 6.82. The molecule has 2 nitrogen and oxygen atoms in total. The second-order valence-electron chi connectivity index (χ2n) is 9.26. The van der Waals surface area contributed by atoms with Gasteiger partial charge in [0.25, 0.3) is 0 Å². The van der Waals surface area contributed by atoms with Gasteiger partial charge in [0, 0.05) is 16.5 Å². The van der Waals surface area contributed by atoms with Crippen LogP contribution >= 0.6 is 0 Å². The van der Waals surface area contributed by atoms with Crippen molar-refractivity contribution in [2.24, 2.45) is 28.6 Å². The Hall–Kier alpha value is -1.41. The van der Waals surface area contributed by atoms with Crippen LogP contribution in [0.25, 0.3) is 5.57 Å². The summed E-state index contributed by atoms with van der Waals surface area (Å²) in [6, 6.07) is 3.93. The van der Waals surface area contributed by atoms with Crippen molar-refractivity contribution in [1.82, 2.24) is 4.98 Å². The van der Waals surface area contributed by atoms with Gasteiger partial charge in [-0.3, -0.25) is 4.98 Å². The van der Waals surface area contributed by atoms with Gasteiger partial charge < -0.3 is 5.11 Å². The van der Waals surface area contributed by atoms with Crippen molar-refractivity contribution in [3.05, 3.63) is 47.8 Å². The number of hydrogen-bond donors (Lipinski definition) is 1. The predicted octanol–water partition coefficient (Wildman–Crippen LogP) is 5.40. The van der Waals surface area contributed by atoms with Crippen LogP contribution < -0.4 is 0 Å². The van der Waals surface area contributed by atoms with E-state index in [9.17, 15) is 5.11 Å². The third-order valence-corrected chi connectivity index (χ3v) is 8.19. The molecule has 1 heterocycles. The smallest absolute Gasteiger partial charge is 0.0577 e. The number of hydrogen-bond acceptors (Lipinski definition) is 2. The van der Waals surface area contributed by atoms with Crippen molar-refractivity contribution in [3.63, 3.8) is 0 Å². The van der Waals surface area contributed by atoms with E-state index in [0.717, 1.165) is 56.1 Å². The largest absolute Gasteiger partial charge is 0.393 e. The lowest BCUT2D eigenvalue weighted by molar-refractivity contribution is -0.0238. The quantitative estimate of drug-likeness (QED) is 0.687. The van der Waals surface area contributed by atoms with Gasteiger partial charge in [-0.25, -0.2) is 0 Å². The van der Waals surface area contributed by atoms with Crippen molar-refractivity contribution in [1.29, 1.82) is 0 Å². The van der Waals surface area contributed by atoms with Crippen LogP contribution in [-0.2, 0) is 0 Å². The highest BCUT2D eigenvalue weighted by molar-refractivity contribution is 5.72. The number of aliphatic hydroxyl groups is 1. The number of rotatable bonds is 1. The van der Waals surface area contributed by atoms with Gasteiger partial charge in [0.05, 0.1) is 6.10 Å². The standard InChI is InChI=1S/C24H31NO/c1-23-11-9-18(26)14-17(23)5-6-19-21-8-7-20(16-4-3-13-25-15-16)24(21,2)12-10-22(19)23/h3-5,7,13,15,18-19,21-22,26H,6,8-12,14H2,1-2H3/t18-,19?,21?,22?,23-,24+/m0/s1/i2D3. The zero-order valence-electron chi connectivity index (χ0n) is 18.6. The van der Waals surface area contributed by atoms with E-state index in [0.29, 0.717) is 11.8 Å². The van der Waals surface area contributed by atoms with Crippen LogP contribution in [0.4, 0.5) is 0 Å².